The molecule has 2 aliphatic heterocycles. The van der Waals surface area contributed by atoms with Crippen LogP contribution in [0.25, 0.3) is 0 Å². The van der Waals surface area contributed by atoms with Gasteiger partial charge in [-0.3, -0.25) is 4.90 Å². The number of nitrogens with one attached hydrogen (secondary N) is 1. The molecule has 1 N–H and O–H groups in total. The van der Waals surface area contributed by atoms with Crippen LogP contribution < -0.4 is 5.32 Å². The number of piperidine rings is 2. The van der Waals surface area contributed by atoms with Gasteiger partial charge in [0.1, 0.15) is 0 Å². The van der Waals surface area contributed by atoms with Gasteiger partial charge in [0.05, 0.1) is 0 Å². The maximum Gasteiger partial charge on any atom is 0.0221 e. The third kappa shape index (κ3) is 5.86. The number of hydrogen-bond acceptors (Lipinski definition) is 2. The fraction of sp³-hybridized carbons (Fsp3) is 1.00. The van der Waals surface area contributed by atoms with E-state index in [1.54, 1.807) is 0 Å². The summed E-state index contributed by atoms with van der Waals surface area (Å²) in [6.07, 6.45) is 7.11. The second-order valence-electron chi connectivity index (χ2n) is 4.10. The van der Waals surface area contributed by atoms with E-state index in [4.69, 9.17) is 0 Å². The van der Waals surface area contributed by atoms with E-state index in [1.165, 1.54) is 58.3 Å². The first-order chi connectivity index (χ1) is 7.97. The molecule has 0 aromatic carbocycles. The van der Waals surface area contributed by atoms with Crippen molar-refractivity contribution in [3.05, 3.63) is 0 Å². The quantitative estimate of drug-likeness (QED) is 0.741. The molecular weight excluding hydrogens is 196 g/mol. The van der Waals surface area contributed by atoms with Gasteiger partial charge in [-0.25, -0.2) is 0 Å². The normalized spacial score (nSPS) is 25.9. The van der Waals surface area contributed by atoms with Crippen molar-refractivity contribution >= 4 is 0 Å². The van der Waals surface area contributed by atoms with Gasteiger partial charge in [-0.1, -0.05) is 34.1 Å². The fourth-order valence-electron chi connectivity index (χ4n) is 2.43. The zero-order chi connectivity index (χ0) is 12.2. The Bertz CT molecular complexity index is 109. The van der Waals surface area contributed by atoms with Crippen LogP contribution in [0.15, 0.2) is 0 Å². The van der Waals surface area contributed by atoms with Gasteiger partial charge in [0.2, 0.25) is 0 Å². The van der Waals surface area contributed by atoms with Gasteiger partial charge >= 0.3 is 0 Å². The highest BCUT2D eigenvalue weighted by Gasteiger charge is 2.21. The van der Waals surface area contributed by atoms with E-state index in [-0.39, 0.29) is 0 Å². The van der Waals surface area contributed by atoms with Gasteiger partial charge in [-0.2, -0.15) is 0 Å². The summed E-state index contributed by atoms with van der Waals surface area (Å²) in [4.78, 5) is 2.69. The third-order valence-corrected chi connectivity index (χ3v) is 3.18. The minimum atomic E-state index is 0.860. The Kier molecular flexibility index (Phi) is 11.3. The van der Waals surface area contributed by atoms with Crippen molar-refractivity contribution in [3.8, 4) is 0 Å². The molecule has 0 spiro atoms. The standard InChI is InChI=1S/C10H20N2.2C2H6/c1-2-7-12(8-3-1)10-5-4-6-11-9-10;2*1-2/h10-11H,1-9H2;2*1-2H3. The van der Waals surface area contributed by atoms with Gasteiger partial charge < -0.3 is 5.32 Å². The van der Waals surface area contributed by atoms with Gasteiger partial charge in [-0.05, 0) is 45.3 Å². The molecule has 2 heteroatoms. The Morgan fingerprint density at radius 1 is 0.875 bits per heavy atom. The smallest absolute Gasteiger partial charge is 0.0221 e. The highest BCUT2D eigenvalue weighted by molar-refractivity contribution is 4.80. The Labute approximate surface area is 103 Å². The van der Waals surface area contributed by atoms with Crippen LogP contribution >= 0.6 is 0 Å². The lowest BCUT2D eigenvalue weighted by atomic mass is 10.0. The summed E-state index contributed by atoms with van der Waals surface area (Å²) in [5, 5.41) is 3.49. The van der Waals surface area contributed by atoms with Crippen LogP contribution in [-0.2, 0) is 0 Å². The van der Waals surface area contributed by atoms with Crippen LogP contribution in [0.5, 0.6) is 0 Å². The van der Waals surface area contributed by atoms with E-state index in [9.17, 15) is 0 Å². The Balaban J connectivity index is 0.000000509. The monoisotopic (exact) mass is 228 g/mol. The van der Waals surface area contributed by atoms with Crippen LogP contribution in [0.4, 0.5) is 0 Å². The third-order valence-electron chi connectivity index (χ3n) is 3.18. The highest BCUT2D eigenvalue weighted by atomic mass is 15.2. The molecule has 1 unspecified atom stereocenters. The summed E-state index contributed by atoms with van der Waals surface area (Å²) in [7, 11) is 0. The SMILES string of the molecule is C1CCN(C2CCCNC2)CC1.CC.CC. The summed E-state index contributed by atoms with van der Waals surface area (Å²) in [5.41, 5.74) is 0. The molecule has 2 aliphatic rings. The second-order valence-corrected chi connectivity index (χ2v) is 4.10. The van der Waals surface area contributed by atoms with E-state index in [1.807, 2.05) is 27.7 Å². The van der Waals surface area contributed by atoms with Crippen LogP contribution in [0.2, 0.25) is 0 Å². The van der Waals surface area contributed by atoms with Gasteiger partial charge in [0.25, 0.3) is 0 Å². The predicted octanol–water partition coefficient (Wildman–Crippen LogP) is 3.28. The molecule has 98 valence electrons. The van der Waals surface area contributed by atoms with Crippen molar-refractivity contribution in [1.29, 1.82) is 0 Å². The molecule has 2 fully saturated rings. The molecular formula is C14H32N2. The fourth-order valence-corrected chi connectivity index (χ4v) is 2.43. The Hall–Kier alpha value is -0.0800. The van der Waals surface area contributed by atoms with E-state index >= 15 is 0 Å². The summed E-state index contributed by atoms with van der Waals surface area (Å²) < 4.78 is 0. The largest absolute Gasteiger partial charge is 0.315 e. The molecule has 0 radical (unpaired) electrons. The minimum Gasteiger partial charge on any atom is -0.315 e. The maximum atomic E-state index is 3.49. The van der Waals surface area contributed by atoms with Gasteiger partial charge in [0.15, 0.2) is 0 Å². The van der Waals surface area contributed by atoms with Crippen molar-refractivity contribution in [1.82, 2.24) is 10.2 Å². The van der Waals surface area contributed by atoms with E-state index in [0.29, 0.717) is 0 Å². The molecule has 0 aliphatic carbocycles. The summed E-state index contributed by atoms with van der Waals surface area (Å²) >= 11 is 0. The summed E-state index contributed by atoms with van der Waals surface area (Å²) in [6.45, 7) is 13.2. The van der Waals surface area contributed by atoms with Crippen molar-refractivity contribution in [2.45, 2.75) is 65.8 Å². The average molecular weight is 228 g/mol. The van der Waals surface area contributed by atoms with Crippen LogP contribution in [0.3, 0.4) is 0 Å². The highest BCUT2D eigenvalue weighted by Crippen LogP contribution is 2.16. The van der Waals surface area contributed by atoms with Crippen molar-refractivity contribution < 1.29 is 0 Å². The van der Waals surface area contributed by atoms with Crippen LogP contribution in [-0.4, -0.2) is 37.1 Å². The molecule has 2 saturated heterocycles. The lowest BCUT2D eigenvalue weighted by Gasteiger charge is -2.36. The van der Waals surface area contributed by atoms with E-state index < -0.39 is 0 Å². The zero-order valence-corrected chi connectivity index (χ0v) is 11.9. The first kappa shape index (κ1) is 15.9. The summed E-state index contributed by atoms with van der Waals surface area (Å²) in [6, 6.07) is 0.860. The minimum absolute atomic E-state index is 0.860. The number of hydrogen-bond donors (Lipinski definition) is 1. The molecule has 2 heterocycles. The van der Waals surface area contributed by atoms with Crippen molar-refractivity contribution in [2.24, 2.45) is 0 Å². The van der Waals surface area contributed by atoms with E-state index in [0.717, 1.165) is 6.04 Å². The molecule has 2 nitrogen and oxygen atoms in total. The molecule has 16 heavy (non-hydrogen) atoms. The number of rotatable bonds is 1. The Morgan fingerprint density at radius 2 is 1.50 bits per heavy atom. The van der Waals surface area contributed by atoms with Crippen LogP contribution in [0.1, 0.15) is 59.8 Å². The molecule has 0 aromatic rings. The Morgan fingerprint density at radius 3 is 2.00 bits per heavy atom. The van der Waals surface area contributed by atoms with Gasteiger partial charge in [0, 0.05) is 12.6 Å². The van der Waals surface area contributed by atoms with Crippen molar-refractivity contribution in [3.63, 3.8) is 0 Å². The zero-order valence-electron chi connectivity index (χ0n) is 11.9. The summed E-state index contributed by atoms with van der Waals surface area (Å²) in [5.74, 6) is 0. The van der Waals surface area contributed by atoms with Crippen molar-refractivity contribution in [2.75, 3.05) is 26.2 Å². The molecule has 0 amide bonds. The molecule has 0 bridgehead atoms. The van der Waals surface area contributed by atoms with E-state index in [2.05, 4.69) is 10.2 Å². The lowest BCUT2D eigenvalue weighted by molar-refractivity contribution is 0.139. The predicted molar refractivity (Wildman–Crippen MR) is 74.0 cm³/mol. The molecule has 0 saturated carbocycles. The number of nitrogens with zero attached hydrogens (tertiary/aromatic N) is 1. The molecule has 2 rings (SSSR count). The maximum absolute atomic E-state index is 3.49. The first-order valence-electron chi connectivity index (χ1n) is 7.41. The first-order valence-corrected chi connectivity index (χ1v) is 7.41. The lowest BCUT2D eigenvalue weighted by Crippen LogP contribution is -2.47. The van der Waals surface area contributed by atoms with Crippen LogP contribution in [0, 0.1) is 0 Å². The van der Waals surface area contributed by atoms with Gasteiger partial charge in [-0.15, -0.1) is 0 Å². The second kappa shape index (κ2) is 11.4. The average Bonchev–Trinajstić information content (AvgIpc) is 2.45. The molecule has 0 aromatic heterocycles. The molecule has 1 atom stereocenters. The topological polar surface area (TPSA) is 15.3 Å². The number of likely N-dealkylation sites (tertiary alicyclic amines) is 1.